The topological polar surface area (TPSA) is 86.7 Å². The second-order valence-electron chi connectivity index (χ2n) is 7.29. The van der Waals surface area contributed by atoms with Crippen molar-refractivity contribution >= 4 is 28.5 Å². The number of H-pyrrole nitrogens is 1. The van der Waals surface area contributed by atoms with Gasteiger partial charge in [0.1, 0.15) is 0 Å². The molecule has 2 atom stereocenters. The second kappa shape index (κ2) is 7.17. The summed E-state index contributed by atoms with van der Waals surface area (Å²) >= 11 is 0. The zero-order chi connectivity index (χ0) is 19.8. The zero-order valence-corrected chi connectivity index (χ0v) is 16.3. The summed E-state index contributed by atoms with van der Waals surface area (Å²) in [5.74, 6) is 0.0487. The van der Waals surface area contributed by atoms with Crippen molar-refractivity contribution in [3.63, 3.8) is 0 Å². The summed E-state index contributed by atoms with van der Waals surface area (Å²) in [6, 6.07) is 7.07. The van der Waals surface area contributed by atoms with E-state index in [1.807, 2.05) is 38.1 Å². The largest absolute Gasteiger partial charge is 0.625 e. The van der Waals surface area contributed by atoms with Gasteiger partial charge >= 0.3 is 11.9 Å². The van der Waals surface area contributed by atoms with E-state index in [1.165, 1.54) is 21.1 Å². The zero-order valence-electron chi connectivity index (χ0n) is 16.3. The minimum atomic E-state index is -0.824. The monoisotopic (exact) mass is 371 g/mol. The number of benzene rings is 1. The van der Waals surface area contributed by atoms with E-state index < -0.39 is 16.7 Å². The number of methoxy groups -OCH3 is 1. The number of nitrogens with one attached hydrogen (secondary N) is 1. The summed E-state index contributed by atoms with van der Waals surface area (Å²) in [5.41, 5.74) is 2.03. The van der Waals surface area contributed by atoms with Crippen LogP contribution in [0.2, 0.25) is 0 Å². The van der Waals surface area contributed by atoms with Crippen LogP contribution in [0.3, 0.4) is 0 Å². The number of aromatic nitrogens is 1. The van der Waals surface area contributed by atoms with Gasteiger partial charge in [-0.15, -0.1) is 0 Å². The van der Waals surface area contributed by atoms with Crippen LogP contribution in [0.25, 0.3) is 16.6 Å². The first-order valence-corrected chi connectivity index (χ1v) is 8.95. The highest BCUT2D eigenvalue weighted by atomic mass is 16.6. The Kier molecular flexibility index (Phi) is 5.08. The van der Waals surface area contributed by atoms with Gasteiger partial charge in [-0.3, -0.25) is 9.44 Å². The standard InChI is InChI=1S/C20H25N3O4/c1-12(2)10-17-19(27-13(3)24)22-18(20(26-5)23(17,4)25)15-11-21-16-9-7-6-8-14(15)16/h6-9,11-12,17,21H,10H2,1-5H3. The molecule has 0 saturated carbocycles. The molecular formula is C20H25N3O4. The molecule has 1 aliphatic rings. The van der Waals surface area contributed by atoms with Gasteiger partial charge in [0.05, 0.1) is 14.2 Å². The number of quaternary nitrogens is 1. The predicted octanol–water partition coefficient (Wildman–Crippen LogP) is 3.77. The van der Waals surface area contributed by atoms with Crippen LogP contribution in [0.15, 0.2) is 41.3 Å². The Balaban J connectivity index is 2.22. The maximum Gasteiger partial charge on any atom is 0.319 e. The molecule has 1 N–H and O–H groups in total. The fraction of sp³-hybridized carbons (Fsp3) is 0.400. The number of rotatable bonds is 4. The first-order valence-electron chi connectivity index (χ1n) is 8.95. The third-order valence-electron chi connectivity index (χ3n) is 4.69. The van der Waals surface area contributed by atoms with Crippen LogP contribution < -0.4 is 0 Å². The number of ether oxygens (including phenoxy) is 2. The Bertz CT molecular complexity index is 924. The Morgan fingerprint density at radius 2 is 2.07 bits per heavy atom. The minimum Gasteiger partial charge on any atom is -0.625 e. The van der Waals surface area contributed by atoms with Crippen LogP contribution in [0.1, 0.15) is 32.8 Å². The lowest BCUT2D eigenvalue weighted by Gasteiger charge is -2.46. The van der Waals surface area contributed by atoms with Crippen molar-refractivity contribution in [2.75, 3.05) is 14.2 Å². The molecule has 2 aromatic rings. The number of hydrogen-bond donors (Lipinski definition) is 1. The molecule has 0 saturated heterocycles. The van der Waals surface area contributed by atoms with Crippen LogP contribution >= 0.6 is 0 Å². The van der Waals surface area contributed by atoms with E-state index in [0.29, 0.717) is 12.1 Å². The number of fused-ring (bicyclic) bond motifs is 1. The molecule has 1 aromatic carbocycles. The number of hydroxylamine groups is 3. The third-order valence-corrected chi connectivity index (χ3v) is 4.69. The van der Waals surface area contributed by atoms with Gasteiger partial charge in [-0.05, 0) is 12.0 Å². The minimum absolute atomic E-state index is 0.134. The van der Waals surface area contributed by atoms with E-state index in [1.54, 1.807) is 6.20 Å². The number of esters is 1. The van der Waals surface area contributed by atoms with Crippen LogP contribution in [0, 0.1) is 11.1 Å². The molecule has 0 bridgehead atoms. The highest BCUT2D eigenvalue weighted by molar-refractivity contribution is 5.99. The van der Waals surface area contributed by atoms with Gasteiger partial charge < -0.3 is 19.7 Å². The molecule has 0 aliphatic carbocycles. The van der Waals surface area contributed by atoms with Crippen molar-refractivity contribution in [1.29, 1.82) is 0 Å². The molecule has 1 aromatic heterocycles. The van der Waals surface area contributed by atoms with Crippen molar-refractivity contribution in [1.82, 2.24) is 4.98 Å². The summed E-state index contributed by atoms with van der Waals surface area (Å²) in [4.78, 5) is 19.4. The van der Waals surface area contributed by atoms with Crippen molar-refractivity contribution in [2.24, 2.45) is 10.9 Å². The van der Waals surface area contributed by atoms with Crippen molar-refractivity contribution < 1.29 is 18.9 Å². The molecule has 0 spiro atoms. The number of aliphatic imine (C=N–C) groups is 1. The van der Waals surface area contributed by atoms with Gasteiger partial charge in [0.15, 0.2) is 11.7 Å². The fourth-order valence-electron chi connectivity index (χ4n) is 3.50. The van der Waals surface area contributed by atoms with E-state index in [-0.39, 0.29) is 17.7 Å². The second-order valence-corrected chi connectivity index (χ2v) is 7.29. The number of aromatic amines is 1. The lowest BCUT2D eigenvalue weighted by Crippen LogP contribution is -2.54. The van der Waals surface area contributed by atoms with E-state index in [4.69, 9.17) is 9.47 Å². The van der Waals surface area contributed by atoms with Crippen LogP contribution in [-0.2, 0) is 14.3 Å². The molecule has 7 nitrogen and oxygen atoms in total. The first kappa shape index (κ1) is 19.1. The predicted molar refractivity (Wildman–Crippen MR) is 104 cm³/mol. The molecule has 27 heavy (non-hydrogen) atoms. The summed E-state index contributed by atoms with van der Waals surface area (Å²) in [7, 11) is 2.98. The normalized spacial score (nSPS) is 22.9. The Hall–Kier alpha value is -2.64. The Morgan fingerprint density at radius 3 is 2.70 bits per heavy atom. The molecule has 0 fully saturated rings. The number of carbonyl (C=O) groups excluding carboxylic acids is 1. The molecule has 7 heteroatoms. The fourth-order valence-corrected chi connectivity index (χ4v) is 3.50. The number of hydrogen-bond acceptors (Lipinski definition) is 5. The molecule has 0 radical (unpaired) electrons. The van der Waals surface area contributed by atoms with Gasteiger partial charge in [0, 0.05) is 36.0 Å². The Morgan fingerprint density at radius 1 is 1.37 bits per heavy atom. The van der Waals surface area contributed by atoms with Gasteiger partial charge in [-0.25, -0.2) is 4.99 Å². The highest BCUT2D eigenvalue weighted by Gasteiger charge is 2.43. The lowest BCUT2D eigenvalue weighted by atomic mass is 10.00. The maximum absolute atomic E-state index is 13.7. The maximum atomic E-state index is 13.7. The van der Waals surface area contributed by atoms with E-state index >= 15 is 0 Å². The van der Waals surface area contributed by atoms with Crippen LogP contribution in [-0.4, -0.2) is 41.7 Å². The van der Waals surface area contributed by atoms with Gasteiger partial charge in [-0.2, -0.15) is 0 Å². The average molecular weight is 371 g/mol. The Labute approximate surface area is 158 Å². The van der Waals surface area contributed by atoms with Crippen molar-refractivity contribution in [3.8, 4) is 0 Å². The number of likely N-dealkylation sites (N-methyl/N-ethyl adjacent to an activating group) is 1. The summed E-state index contributed by atoms with van der Waals surface area (Å²) in [6.07, 6.45) is 2.30. The number of nitrogens with zero attached hydrogens (tertiary/aromatic N) is 2. The molecule has 2 heterocycles. The number of carbonyl (C=O) groups is 1. The van der Waals surface area contributed by atoms with E-state index in [9.17, 15) is 10.0 Å². The van der Waals surface area contributed by atoms with E-state index in [0.717, 1.165) is 16.5 Å². The molecular weight excluding hydrogens is 346 g/mol. The molecule has 144 valence electrons. The van der Waals surface area contributed by atoms with Crippen molar-refractivity contribution in [3.05, 3.63) is 47.1 Å². The van der Waals surface area contributed by atoms with Gasteiger partial charge in [0.2, 0.25) is 0 Å². The summed E-state index contributed by atoms with van der Waals surface area (Å²) < 4.78 is 10.1. The lowest BCUT2D eigenvalue weighted by molar-refractivity contribution is -0.854. The van der Waals surface area contributed by atoms with Crippen LogP contribution in [0.4, 0.5) is 0 Å². The molecule has 2 unspecified atom stereocenters. The van der Waals surface area contributed by atoms with Crippen molar-refractivity contribution in [2.45, 2.75) is 33.2 Å². The molecule has 1 aliphatic heterocycles. The van der Waals surface area contributed by atoms with Gasteiger partial charge in [-0.1, -0.05) is 32.0 Å². The summed E-state index contributed by atoms with van der Waals surface area (Å²) in [6.45, 7) is 5.33. The van der Waals surface area contributed by atoms with E-state index in [2.05, 4.69) is 9.98 Å². The SMILES string of the molecule is COC1=C(c2c[nH]c3ccccc23)N=C(OC(C)=O)C(CC(C)C)[N+]1(C)[O-]. The molecule has 0 amide bonds. The van der Waals surface area contributed by atoms with Gasteiger partial charge in [0.25, 0.3) is 5.90 Å². The number of para-hydroxylation sites is 1. The quantitative estimate of drug-likeness (QED) is 0.503. The van der Waals surface area contributed by atoms with Crippen LogP contribution in [0.5, 0.6) is 0 Å². The molecule has 3 rings (SSSR count). The highest BCUT2D eigenvalue weighted by Crippen LogP contribution is 2.38. The smallest absolute Gasteiger partial charge is 0.319 e. The summed E-state index contributed by atoms with van der Waals surface area (Å²) in [5, 5.41) is 14.6. The third kappa shape index (κ3) is 3.48. The first-order chi connectivity index (χ1) is 12.8. The average Bonchev–Trinajstić information content (AvgIpc) is 3.01.